The van der Waals surface area contributed by atoms with E-state index in [9.17, 15) is 4.79 Å². The van der Waals surface area contributed by atoms with Crippen molar-refractivity contribution in [1.29, 1.82) is 0 Å². The lowest BCUT2D eigenvalue weighted by molar-refractivity contribution is -0.123. The van der Waals surface area contributed by atoms with Crippen molar-refractivity contribution in [2.24, 2.45) is 0 Å². The van der Waals surface area contributed by atoms with Gasteiger partial charge in [-0.15, -0.1) is 0 Å². The first-order valence-electron chi connectivity index (χ1n) is 7.30. The molecule has 0 N–H and O–H groups in total. The van der Waals surface area contributed by atoms with Crippen LogP contribution in [0.5, 0.6) is 5.75 Å². The number of aryl methyl sites for hydroxylation is 1. The minimum Gasteiger partial charge on any atom is -0.493 e. The normalized spacial score (nSPS) is 13.3. The van der Waals surface area contributed by atoms with E-state index in [4.69, 9.17) is 4.74 Å². The number of ether oxygens (including phenoxy) is 1. The largest absolute Gasteiger partial charge is 0.493 e. The van der Waals surface area contributed by atoms with Gasteiger partial charge in [0.15, 0.2) is 0 Å². The van der Waals surface area contributed by atoms with E-state index in [2.05, 4.69) is 19.1 Å². The highest BCUT2D eigenvalue weighted by Gasteiger charge is 2.17. The Kier molecular flexibility index (Phi) is 4.83. The highest BCUT2D eigenvalue weighted by molar-refractivity contribution is 5.92. The molecular weight excluding hydrogens is 250 g/mol. The molecule has 1 aromatic carbocycles. The lowest BCUT2D eigenvalue weighted by Gasteiger charge is -2.11. The second-order valence-corrected chi connectivity index (χ2v) is 5.38. The number of unbranched alkanes of at least 4 members (excludes halogenated alkanes) is 1. The maximum atomic E-state index is 11.7. The molecule has 20 heavy (non-hydrogen) atoms. The highest BCUT2D eigenvalue weighted by atomic mass is 16.5. The number of carbonyl (C=O) groups is 1. The lowest BCUT2D eigenvalue weighted by Crippen LogP contribution is -2.18. The maximum Gasteiger partial charge on any atom is 0.246 e. The maximum absolute atomic E-state index is 11.7. The van der Waals surface area contributed by atoms with E-state index >= 15 is 0 Å². The first-order chi connectivity index (χ1) is 9.63. The van der Waals surface area contributed by atoms with E-state index in [1.54, 1.807) is 25.1 Å². The second kappa shape index (κ2) is 6.60. The predicted octanol–water partition coefficient (Wildman–Crippen LogP) is 3.07. The Balaban J connectivity index is 2.32. The van der Waals surface area contributed by atoms with Gasteiger partial charge in [-0.3, -0.25) is 4.79 Å². The van der Waals surface area contributed by atoms with E-state index < -0.39 is 0 Å². The molecule has 0 saturated heterocycles. The van der Waals surface area contributed by atoms with Crippen molar-refractivity contribution in [3.05, 3.63) is 34.9 Å². The minimum atomic E-state index is 0.0166. The highest BCUT2D eigenvalue weighted by Crippen LogP contribution is 2.32. The Morgan fingerprint density at radius 3 is 2.90 bits per heavy atom. The van der Waals surface area contributed by atoms with Gasteiger partial charge < -0.3 is 9.64 Å². The minimum absolute atomic E-state index is 0.0166. The van der Waals surface area contributed by atoms with E-state index in [1.165, 1.54) is 29.5 Å². The molecule has 1 aliphatic heterocycles. The number of hydrogen-bond donors (Lipinski definition) is 0. The molecule has 108 valence electrons. The van der Waals surface area contributed by atoms with E-state index in [1.807, 2.05) is 6.08 Å². The van der Waals surface area contributed by atoms with Crippen molar-refractivity contribution < 1.29 is 9.53 Å². The number of hydrogen-bond acceptors (Lipinski definition) is 2. The molecule has 0 saturated carbocycles. The van der Waals surface area contributed by atoms with Crippen LogP contribution < -0.4 is 4.74 Å². The summed E-state index contributed by atoms with van der Waals surface area (Å²) in [5.74, 6) is 0.991. The van der Waals surface area contributed by atoms with Crippen LogP contribution in [-0.4, -0.2) is 31.5 Å². The third kappa shape index (κ3) is 3.21. The van der Waals surface area contributed by atoms with E-state index in [0.29, 0.717) is 0 Å². The molecule has 0 bridgehead atoms. The van der Waals surface area contributed by atoms with Gasteiger partial charge in [0.1, 0.15) is 5.75 Å². The molecule has 0 fully saturated rings. The number of nitrogens with zero attached hydrogens (tertiary/aromatic N) is 1. The predicted molar refractivity (Wildman–Crippen MR) is 82.0 cm³/mol. The van der Waals surface area contributed by atoms with Crippen molar-refractivity contribution >= 4 is 12.0 Å². The summed E-state index contributed by atoms with van der Waals surface area (Å²) in [6.07, 6.45) is 7.95. The molecule has 1 amide bonds. The first kappa shape index (κ1) is 14.6. The molecule has 3 nitrogen and oxygen atoms in total. The summed E-state index contributed by atoms with van der Waals surface area (Å²) < 4.78 is 5.62. The summed E-state index contributed by atoms with van der Waals surface area (Å²) in [7, 11) is 3.53. The Labute approximate surface area is 121 Å². The summed E-state index contributed by atoms with van der Waals surface area (Å²) in [5.41, 5.74) is 3.75. The summed E-state index contributed by atoms with van der Waals surface area (Å²) in [6.45, 7) is 2.94. The molecule has 0 unspecified atom stereocenters. The van der Waals surface area contributed by atoms with Crippen LogP contribution in [0.25, 0.3) is 6.08 Å². The van der Waals surface area contributed by atoms with E-state index in [-0.39, 0.29) is 5.91 Å². The molecule has 1 heterocycles. The Morgan fingerprint density at radius 1 is 1.40 bits per heavy atom. The number of likely N-dealkylation sites (N-methyl/N-ethyl adjacent to an activating group) is 1. The fraction of sp³-hybridized carbons (Fsp3) is 0.471. The average molecular weight is 273 g/mol. The van der Waals surface area contributed by atoms with Crippen LogP contribution in [0.1, 0.15) is 36.5 Å². The number of fused-ring (bicyclic) bond motifs is 1. The molecule has 0 spiro atoms. The van der Waals surface area contributed by atoms with Crippen LogP contribution in [0.4, 0.5) is 0 Å². The van der Waals surface area contributed by atoms with Crippen molar-refractivity contribution in [3.63, 3.8) is 0 Å². The molecule has 1 aliphatic rings. The number of carbonyl (C=O) groups excluding carboxylic acids is 1. The topological polar surface area (TPSA) is 29.5 Å². The van der Waals surface area contributed by atoms with Gasteiger partial charge >= 0.3 is 0 Å². The Morgan fingerprint density at radius 2 is 2.20 bits per heavy atom. The van der Waals surface area contributed by atoms with Crippen molar-refractivity contribution in [3.8, 4) is 5.75 Å². The third-order valence-corrected chi connectivity index (χ3v) is 3.65. The lowest BCUT2D eigenvalue weighted by atomic mass is 9.95. The zero-order chi connectivity index (χ0) is 14.5. The molecule has 0 aliphatic carbocycles. The molecule has 0 atom stereocenters. The number of amides is 1. The summed E-state index contributed by atoms with van der Waals surface area (Å²) in [5, 5.41) is 0. The summed E-state index contributed by atoms with van der Waals surface area (Å²) >= 11 is 0. The molecule has 0 aromatic heterocycles. The summed E-state index contributed by atoms with van der Waals surface area (Å²) in [4.78, 5) is 13.3. The zero-order valence-corrected chi connectivity index (χ0v) is 12.6. The van der Waals surface area contributed by atoms with Crippen LogP contribution >= 0.6 is 0 Å². The third-order valence-electron chi connectivity index (χ3n) is 3.65. The van der Waals surface area contributed by atoms with Crippen molar-refractivity contribution in [2.75, 3.05) is 20.7 Å². The zero-order valence-electron chi connectivity index (χ0n) is 12.6. The standard InChI is InChI=1S/C17H23NO2/c1-4-5-6-13-7-9-16-15(11-12-20-16)14(13)8-10-17(19)18(2)3/h7-10H,4-6,11-12H2,1-3H3/b10-8+. The molecular formula is C17H23NO2. The summed E-state index contributed by atoms with van der Waals surface area (Å²) in [6, 6.07) is 4.21. The second-order valence-electron chi connectivity index (χ2n) is 5.38. The quantitative estimate of drug-likeness (QED) is 0.772. The van der Waals surface area contributed by atoms with Gasteiger partial charge in [-0.05, 0) is 36.1 Å². The molecule has 3 heteroatoms. The fourth-order valence-electron chi connectivity index (χ4n) is 2.45. The smallest absolute Gasteiger partial charge is 0.246 e. The van der Waals surface area contributed by atoms with Crippen molar-refractivity contribution in [2.45, 2.75) is 32.6 Å². The Bertz CT molecular complexity index is 518. The van der Waals surface area contributed by atoms with Gasteiger partial charge in [0.25, 0.3) is 0 Å². The van der Waals surface area contributed by atoms with Gasteiger partial charge in [0.05, 0.1) is 6.61 Å². The van der Waals surface area contributed by atoms with E-state index in [0.717, 1.165) is 25.2 Å². The van der Waals surface area contributed by atoms with Gasteiger partial charge in [-0.2, -0.15) is 0 Å². The van der Waals surface area contributed by atoms with Gasteiger partial charge in [0, 0.05) is 32.2 Å². The fourth-order valence-corrected chi connectivity index (χ4v) is 2.45. The monoisotopic (exact) mass is 273 g/mol. The molecule has 0 radical (unpaired) electrons. The van der Waals surface area contributed by atoms with Gasteiger partial charge in [-0.1, -0.05) is 19.4 Å². The SMILES string of the molecule is CCCCc1ccc2c(c1/C=C/C(=O)N(C)C)CCO2. The van der Waals surface area contributed by atoms with Crippen molar-refractivity contribution in [1.82, 2.24) is 4.90 Å². The van der Waals surface area contributed by atoms with Gasteiger partial charge in [-0.25, -0.2) is 0 Å². The van der Waals surface area contributed by atoms with Crippen LogP contribution in [-0.2, 0) is 17.6 Å². The Hall–Kier alpha value is -1.77. The number of rotatable bonds is 5. The van der Waals surface area contributed by atoms with Crippen LogP contribution in [0.15, 0.2) is 18.2 Å². The number of benzene rings is 1. The average Bonchev–Trinajstić information content (AvgIpc) is 2.90. The van der Waals surface area contributed by atoms with Crippen LogP contribution in [0.3, 0.4) is 0 Å². The van der Waals surface area contributed by atoms with Gasteiger partial charge in [0.2, 0.25) is 5.91 Å². The van der Waals surface area contributed by atoms with Crippen LogP contribution in [0.2, 0.25) is 0 Å². The molecule has 2 rings (SSSR count). The van der Waals surface area contributed by atoms with Crippen LogP contribution in [0, 0.1) is 0 Å². The first-order valence-corrected chi connectivity index (χ1v) is 7.30. The molecule has 1 aromatic rings.